The van der Waals surface area contributed by atoms with E-state index in [1.54, 1.807) is 37.4 Å². The van der Waals surface area contributed by atoms with Crippen molar-refractivity contribution < 1.29 is 28.9 Å². The molecule has 3 N–H and O–H groups in total. The summed E-state index contributed by atoms with van der Waals surface area (Å²) in [5.41, 5.74) is 2.96. The van der Waals surface area contributed by atoms with Gasteiger partial charge in [-0.1, -0.05) is 25.8 Å². The molecule has 0 bridgehead atoms. The van der Waals surface area contributed by atoms with Crippen LogP contribution in [-0.4, -0.2) is 66.0 Å². The molecule has 7 atom stereocenters. The molecule has 2 amide bonds. The molecule has 43 heavy (non-hydrogen) atoms. The van der Waals surface area contributed by atoms with Crippen molar-refractivity contribution in [3.8, 4) is 5.75 Å². The zero-order chi connectivity index (χ0) is 30.7. The van der Waals surface area contributed by atoms with E-state index in [1.807, 2.05) is 17.0 Å². The average Bonchev–Trinajstić information content (AvgIpc) is 3.26. The van der Waals surface area contributed by atoms with Gasteiger partial charge in [0.2, 0.25) is 5.91 Å². The average molecular weight is 595 g/mol. The molecule has 7 nitrogen and oxygen atoms in total. The number of unbranched alkanes of at least 4 members (excludes halogenated alkanes) is 2. The van der Waals surface area contributed by atoms with Crippen molar-refractivity contribution in [3.63, 3.8) is 0 Å². The Morgan fingerprint density at radius 3 is 2.58 bits per heavy atom. The van der Waals surface area contributed by atoms with Crippen LogP contribution >= 0.6 is 0 Å². The number of aliphatic hydroxyl groups is 1. The van der Waals surface area contributed by atoms with Crippen molar-refractivity contribution in [2.24, 2.45) is 23.2 Å². The number of amides is 2. The van der Waals surface area contributed by atoms with E-state index in [-0.39, 0.29) is 34.8 Å². The van der Waals surface area contributed by atoms with Gasteiger partial charge in [-0.3, -0.25) is 9.59 Å². The molecule has 0 aliphatic heterocycles. The summed E-state index contributed by atoms with van der Waals surface area (Å²) in [5.74, 6) is 0.600. The maximum atomic E-state index is 16.0. The van der Waals surface area contributed by atoms with Crippen LogP contribution in [0.15, 0.2) is 42.5 Å². The second-order valence-electron chi connectivity index (χ2n) is 13.3. The number of carbonyl (C=O) groups is 2. The number of fused-ring (bicyclic) bond motifs is 5. The minimum absolute atomic E-state index is 0.0618. The number of carbonyl (C=O) groups excluding carboxylic acids is 2. The van der Waals surface area contributed by atoms with Gasteiger partial charge in [-0.15, -0.1) is 0 Å². The third-order valence-electron chi connectivity index (χ3n) is 10.6. The number of aliphatic hydroxyl groups excluding tert-OH is 1. The molecule has 3 aliphatic carbocycles. The van der Waals surface area contributed by atoms with Crippen LogP contribution < -0.4 is 5.32 Å². The van der Waals surface area contributed by atoms with Crippen molar-refractivity contribution in [1.82, 2.24) is 4.90 Å². The monoisotopic (exact) mass is 594 g/mol. The number of nitrogens with one attached hydrogen (secondary N) is 1. The first-order valence-electron chi connectivity index (χ1n) is 15.9. The maximum Gasteiger partial charge on any atom is 0.253 e. The number of rotatable bonds is 11. The number of phenols is 1. The molecule has 3 aliphatic rings. The number of halogens is 1. The Morgan fingerprint density at radius 1 is 1.09 bits per heavy atom. The molecule has 0 heterocycles. The van der Waals surface area contributed by atoms with Gasteiger partial charge in [-0.2, -0.15) is 0 Å². The summed E-state index contributed by atoms with van der Waals surface area (Å²) in [7, 11) is 1.63. The highest BCUT2D eigenvalue weighted by Gasteiger charge is 2.59. The van der Waals surface area contributed by atoms with Gasteiger partial charge in [0, 0.05) is 44.3 Å². The molecule has 8 heteroatoms. The standard InChI is InChI=1S/C35H47FN2O5/c1-22(39)37-26-10-8-23(9-11-26)34(42)38(17-18-43-3)16-6-4-5-7-24-19-25-20-27(40)12-13-28(25)33-30(36)21-35(2)29(32(24)33)14-15-31(35)41/h8-13,20,24,29-33,40-41H,4-7,14-19,21H2,1-3H3,(H,37,39)/t24?,29?,30?,31?,32?,33?,35-/m0/s1. The lowest BCUT2D eigenvalue weighted by molar-refractivity contribution is -0.114. The first kappa shape index (κ1) is 31.5. The number of hydrogen-bond acceptors (Lipinski definition) is 5. The maximum absolute atomic E-state index is 16.0. The van der Waals surface area contributed by atoms with Gasteiger partial charge < -0.3 is 25.2 Å². The van der Waals surface area contributed by atoms with Crippen molar-refractivity contribution >= 4 is 17.5 Å². The first-order valence-corrected chi connectivity index (χ1v) is 15.9. The lowest BCUT2D eigenvalue weighted by Gasteiger charge is -2.54. The lowest BCUT2D eigenvalue weighted by atomic mass is 9.51. The fraction of sp³-hybridized carbons (Fsp3) is 0.600. The molecule has 2 fully saturated rings. The zero-order valence-corrected chi connectivity index (χ0v) is 25.7. The van der Waals surface area contributed by atoms with E-state index in [4.69, 9.17) is 4.74 Å². The summed E-state index contributed by atoms with van der Waals surface area (Å²) in [6.07, 6.45) is 5.19. The van der Waals surface area contributed by atoms with E-state index in [0.29, 0.717) is 49.2 Å². The van der Waals surface area contributed by atoms with E-state index < -0.39 is 12.3 Å². The number of phenolic OH excluding ortho intramolecular Hbond substituents is 1. The Hall–Kier alpha value is -2.97. The summed E-state index contributed by atoms with van der Waals surface area (Å²) in [5, 5.41) is 23.8. The zero-order valence-electron chi connectivity index (χ0n) is 25.7. The second-order valence-corrected chi connectivity index (χ2v) is 13.3. The number of hydrogen-bond donors (Lipinski definition) is 3. The van der Waals surface area contributed by atoms with Crippen molar-refractivity contribution in [1.29, 1.82) is 0 Å². The predicted molar refractivity (Wildman–Crippen MR) is 165 cm³/mol. The third kappa shape index (κ3) is 6.60. The van der Waals surface area contributed by atoms with Crippen LogP contribution in [0.2, 0.25) is 0 Å². The molecule has 2 aromatic rings. The molecular formula is C35H47FN2O5. The van der Waals surface area contributed by atoms with Gasteiger partial charge in [0.05, 0.1) is 12.7 Å². The first-order chi connectivity index (χ1) is 20.6. The summed E-state index contributed by atoms with van der Waals surface area (Å²) < 4.78 is 21.3. The van der Waals surface area contributed by atoms with E-state index in [1.165, 1.54) is 6.92 Å². The summed E-state index contributed by atoms with van der Waals surface area (Å²) in [6, 6.07) is 12.4. The quantitative estimate of drug-likeness (QED) is 0.274. The van der Waals surface area contributed by atoms with Crippen LogP contribution in [0.5, 0.6) is 5.75 Å². The number of methoxy groups -OCH3 is 1. The molecule has 0 saturated heterocycles. The highest BCUT2D eigenvalue weighted by atomic mass is 19.1. The summed E-state index contributed by atoms with van der Waals surface area (Å²) >= 11 is 0. The van der Waals surface area contributed by atoms with Gasteiger partial charge >= 0.3 is 0 Å². The smallest absolute Gasteiger partial charge is 0.253 e. The third-order valence-corrected chi connectivity index (χ3v) is 10.6. The van der Waals surface area contributed by atoms with Crippen LogP contribution in [0.3, 0.4) is 0 Å². The minimum atomic E-state index is -1.00. The van der Waals surface area contributed by atoms with Crippen molar-refractivity contribution in [3.05, 3.63) is 59.2 Å². The van der Waals surface area contributed by atoms with Crippen LogP contribution in [0, 0.1) is 23.2 Å². The SMILES string of the molecule is COCCN(CCCCCC1Cc2cc(O)ccc2C2C(F)C[C@]3(C)C(O)CCC3C12)C(=O)c1ccc(NC(C)=O)cc1. The van der Waals surface area contributed by atoms with Crippen LogP contribution in [-0.2, 0) is 16.0 Å². The van der Waals surface area contributed by atoms with Gasteiger partial charge in [-0.05, 0) is 109 Å². The topological polar surface area (TPSA) is 99.1 Å². The molecule has 2 aromatic carbocycles. The van der Waals surface area contributed by atoms with Gasteiger partial charge in [0.1, 0.15) is 11.9 Å². The number of alkyl halides is 1. The Kier molecular flexibility index (Phi) is 9.76. The Bertz CT molecular complexity index is 1290. The van der Waals surface area contributed by atoms with Gasteiger partial charge in [0.25, 0.3) is 5.91 Å². The Balaban J connectivity index is 1.23. The van der Waals surface area contributed by atoms with E-state index in [2.05, 4.69) is 12.2 Å². The van der Waals surface area contributed by atoms with Crippen molar-refractivity contribution in [2.45, 2.75) is 83.4 Å². The normalized spacial score (nSPS) is 29.3. The summed E-state index contributed by atoms with van der Waals surface area (Å²) in [6.45, 7) is 5.10. The molecular weight excluding hydrogens is 547 g/mol. The number of benzene rings is 2. The number of nitrogens with zero attached hydrogens (tertiary/aromatic N) is 1. The van der Waals surface area contributed by atoms with E-state index in [0.717, 1.165) is 56.1 Å². The fourth-order valence-corrected chi connectivity index (χ4v) is 8.52. The van der Waals surface area contributed by atoms with Gasteiger partial charge in [0.15, 0.2) is 0 Å². The fourth-order valence-electron chi connectivity index (χ4n) is 8.52. The molecule has 5 rings (SSSR count). The van der Waals surface area contributed by atoms with Crippen molar-refractivity contribution in [2.75, 3.05) is 32.1 Å². The number of ether oxygens (including phenoxy) is 1. The second kappa shape index (κ2) is 13.3. The summed E-state index contributed by atoms with van der Waals surface area (Å²) in [4.78, 5) is 26.4. The highest BCUT2D eigenvalue weighted by molar-refractivity contribution is 5.95. The molecule has 6 unspecified atom stereocenters. The largest absolute Gasteiger partial charge is 0.508 e. The van der Waals surface area contributed by atoms with Crippen LogP contribution in [0.4, 0.5) is 10.1 Å². The van der Waals surface area contributed by atoms with E-state index >= 15 is 4.39 Å². The Labute approximate surface area is 254 Å². The molecule has 234 valence electrons. The molecule has 0 aromatic heterocycles. The van der Waals surface area contributed by atoms with Crippen LogP contribution in [0.25, 0.3) is 0 Å². The number of aromatic hydroxyl groups is 1. The molecule has 0 spiro atoms. The minimum Gasteiger partial charge on any atom is -0.508 e. The number of anilines is 1. The highest BCUT2D eigenvalue weighted by Crippen LogP contribution is 2.63. The van der Waals surface area contributed by atoms with Crippen LogP contribution in [0.1, 0.15) is 86.2 Å². The predicted octanol–water partition coefficient (Wildman–Crippen LogP) is 6.09. The molecule has 2 saturated carbocycles. The van der Waals surface area contributed by atoms with Gasteiger partial charge in [-0.25, -0.2) is 4.39 Å². The Morgan fingerprint density at radius 2 is 1.86 bits per heavy atom. The van der Waals surface area contributed by atoms with E-state index in [9.17, 15) is 19.8 Å². The lowest BCUT2D eigenvalue weighted by Crippen LogP contribution is -2.51. The molecule has 0 radical (unpaired) electrons.